The van der Waals surface area contributed by atoms with E-state index in [0.717, 1.165) is 0 Å². The molecule has 0 heterocycles. The Balaban J connectivity index is 0.00000289. The SMILES string of the molecule is COc1ccc([C@H](N)C(F)(F)CO)cc1OC.Cl. The summed E-state index contributed by atoms with van der Waals surface area (Å²) in [7, 11) is 2.84. The lowest BCUT2D eigenvalue weighted by molar-refractivity contribution is -0.0712. The molecule has 0 aliphatic carbocycles. The first-order valence-corrected chi connectivity index (χ1v) is 4.92. The first-order chi connectivity index (χ1) is 7.96. The van der Waals surface area contributed by atoms with E-state index in [1.807, 2.05) is 0 Å². The molecule has 18 heavy (non-hydrogen) atoms. The van der Waals surface area contributed by atoms with E-state index in [-0.39, 0.29) is 18.0 Å². The van der Waals surface area contributed by atoms with Crippen LogP contribution < -0.4 is 15.2 Å². The third kappa shape index (κ3) is 3.44. The van der Waals surface area contributed by atoms with Gasteiger partial charge in [0, 0.05) is 0 Å². The summed E-state index contributed by atoms with van der Waals surface area (Å²) in [6, 6.07) is 2.68. The fourth-order valence-corrected chi connectivity index (χ4v) is 1.39. The molecule has 7 heteroatoms. The Kier molecular flexibility index (Phi) is 6.31. The van der Waals surface area contributed by atoms with Crippen LogP contribution >= 0.6 is 12.4 Å². The van der Waals surface area contributed by atoms with Crippen molar-refractivity contribution in [3.05, 3.63) is 23.8 Å². The van der Waals surface area contributed by atoms with Crippen molar-refractivity contribution >= 4 is 12.4 Å². The van der Waals surface area contributed by atoms with E-state index >= 15 is 0 Å². The maximum atomic E-state index is 13.2. The predicted octanol–water partition coefficient (Wildman–Crippen LogP) is 1.75. The molecule has 0 saturated heterocycles. The summed E-state index contributed by atoms with van der Waals surface area (Å²) >= 11 is 0. The van der Waals surface area contributed by atoms with Crippen LogP contribution in [0.4, 0.5) is 8.78 Å². The Morgan fingerprint density at radius 2 is 1.83 bits per heavy atom. The summed E-state index contributed by atoms with van der Waals surface area (Å²) in [4.78, 5) is 0. The van der Waals surface area contributed by atoms with Crippen LogP contribution in [-0.4, -0.2) is 31.9 Å². The zero-order chi connectivity index (χ0) is 13.1. The van der Waals surface area contributed by atoms with E-state index in [1.54, 1.807) is 0 Å². The topological polar surface area (TPSA) is 64.7 Å². The second-order valence-corrected chi connectivity index (χ2v) is 3.51. The van der Waals surface area contributed by atoms with Crippen LogP contribution in [0.5, 0.6) is 11.5 Å². The molecule has 104 valence electrons. The van der Waals surface area contributed by atoms with Gasteiger partial charge in [-0.25, -0.2) is 8.78 Å². The molecule has 1 atom stereocenters. The minimum Gasteiger partial charge on any atom is -0.493 e. The summed E-state index contributed by atoms with van der Waals surface area (Å²) in [6.07, 6.45) is 0. The lowest BCUT2D eigenvalue weighted by Gasteiger charge is -2.22. The summed E-state index contributed by atoms with van der Waals surface area (Å²) < 4.78 is 36.4. The Bertz CT molecular complexity index is 391. The van der Waals surface area contributed by atoms with Gasteiger partial charge in [0.2, 0.25) is 0 Å². The molecule has 0 aromatic heterocycles. The molecular weight excluding hydrogens is 268 g/mol. The van der Waals surface area contributed by atoms with Crippen LogP contribution in [0.1, 0.15) is 11.6 Å². The first kappa shape index (κ1) is 16.9. The molecule has 1 rings (SSSR count). The van der Waals surface area contributed by atoms with Gasteiger partial charge in [0.25, 0.3) is 5.92 Å². The number of hydrogen-bond acceptors (Lipinski definition) is 4. The molecule has 0 aliphatic heterocycles. The number of aliphatic hydroxyl groups is 1. The average molecular weight is 284 g/mol. The summed E-state index contributed by atoms with van der Waals surface area (Å²) in [5, 5.41) is 8.57. The standard InChI is InChI=1S/C11H15F2NO3.ClH/c1-16-8-4-3-7(5-9(8)17-2)10(14)11(12,13)6-15;/h3-5,10,15H,6,14H2,1-2H3;1H/t10-;/m0./s1. The van der Waals surface area contributed by atoms with Crippen molar-refractivity contribution < 1.29 is 23.4 Å². The van der Waals surface area contributed by atoms with Gasteiger partial charge in [-0.1, -0.05) is 6.07 Å². The summed E-state index contributed by atoms with van der Waals surface area (Å²) in [6.45, 7) is -1.30. The molecule has 0 bridgehead atoms. The van der Waals surface area contributed by atoms with Crippen molar-refractivity contribution in [1.82, 2.24) is 0 Å². The van der Waals surface area contributed by atoms with Crippen LogP contribution in [0.15, 0.2) is 18.2 Å². The Morgan fingerprint density at radius 3 is 2.28 bits per heavy atom. The van der Waals surface area contributed by atoms with Crippen molar-refractivity contribution in [2.45, 2.75) is 12.0 Å². The van der Waals surface area contributed by atoms with Gasteiger partial charge in [0.05, 0.1) is 20.3 Å². The van der Waals surface area contributed by atoms with E-state index in [0.29, 0.717) is 11.5 Å². The zero-order valence-electron chi connectivity index (χ0n) is 10.0. The van der Waals surface area contributed by atoms with Gasteiger partial charge in [0.15, 0.2) is 11.5 Å². The molecule has 1 aromatic carbocycles. The molecule has 0 radical (unpaired) electrons. The number of nitrogens with two attached hydrogens (primary N) is 1. The van der Waals surface area contributed by atoms with Gasteiger partial charge in [-0.05, 0) is 17.7 Å². The van der Waals surface area contributed by atoms with Crippen LogP contribution in [0.2, 0.25) is 0 Å². The van der Waals surface area contributed by atoms with Gasteiger partial charge in [0.1, 0.15) is 6.61 Å². The van der Waals surface area contributed by atoms with Crippen molar-refractivity contribution in [3.63, 3.8) is 0 Å². The molecular formula is C11H16ClF2NO3. The normalized spacial score (nSPS) is 12.6. The van der Waals surface area contributed by atoms with E-state index in [1.165, 1.54) is 32.4 Å². The number of aliphatic hydroxyl groups excluding tert-OH is 1. The minimum absolute atomic E-state index is 0. The molecule has 0 fully saturated rings. The molecule has 0 unspecified atom stereocenters. The second kappa shape index (κ2) is 6.72. The number of halogens is 3. The number of benzene rings is 1. The van der Waals surface area contributed by atoms with E-state index < -0.39 is 18.6 Å². The van der Waals surface area contributed by atoms with Crippen molar-refractivity contribution in [2.24, 2.45) is 5.73 Å². The smallest absolute Gasteiger partial charge is 0.289 e. The van der Waals surface area contributed by atoms with Crippen LogP contribution in [0, 0.1) is 0 Å². The molecule has 0 spiro atoms. The van der Waals surface area contributed by atoms with Gasteiger partial charge >= 0.3 is 0 Å². The quantitative estimate of drug-likeness (QED) is 0.864. The van der Waals surface area contributed by atoms with Crippen molar-refractivity contribution in [1.29, 1.82) is 0 Å². The van der Waals surface area contributed by atoms with Crippen molar-refractivity contribution in [3.8, 4) is 11.5 Å². The predicted molar refractivity (Wildman–Crippen MR) is 65.8 cm³/mol. The lowest BCUT2D eigenvalue weighted by Crippen LogP contribution is -2.36. The fourth-order valence-electron chi connectivity index (χ4n) is 1.39. The molecule has 0 aliphatic rings. The van der Waals surface area contributed by atoms with E-state index in [4.69, 9.17) is 20.3 Å². The maximum Gasteiger partial charge on any atom is 0.289 e. The largest absolute Gasteiger partial charge is 0.493 e. The van der Waals surface area contributed by atoms with Crippen LogP contribution in [0.25, 0.3) is 0 Å². The number of alkyl halides is 2. The molecule has 3 N–H and O–H groups in total. The van der Waals surface area contributed by atoms with Crippen LogP contribution in [0.3, 0.4) is 0 Å². The first-order valence-electron chi connectivity index (χ1n) is 4.92. The van der Waals surface area contributed by atoms with Gasteiger partial charge in [-0.15, -0.1) is 12.4 Å². The van der Waals surface area contributed by atoms with E-state index in [9.17, 15) is 8.78 Å². The molecule has 4 nitrogen and oxygen atoms in total. The second-order valence-electron chi connectivity index (χ2n) is 3.51. The third-order valence-electron chi connectivity index (χ3n) is 2.43. The Hall–Kier alpha value is -1.11. The fraction of sp³-hybridized carbons (Fsp3) is 0.455. The summed E-state index contributed by atoms with van der Waals surface area (Å²) in [5.74, 6) is -2.63. The van der Waals surface area contributed by atoms with Crippen molar-refractivity contribution in [2.75, 3.05) is 20.8 Å². The highest BCUT2D eigenvalue weighted by atomic mass is 35.5. The Labute approximate surface area is 110 Å². The average Bonchev–Trinajstić information content (AvgIpc) is 2.36. The van der Waals surface area contributed by atoms with E-state index in [2.05, 4.69) is 0 Å². The molecule has 0 amide bonds. The third-order valence-corrected chi connectivity index (χ3v) is 2.43. The summed E-state index contributed by atoms with van der Waals surface area (Å²) in [5.41, 5.74) is 5.56. The lowest BCUT2D eigenvalue weighted by atomic mass is 10.0. The Morgan fingerprint density at radius 1 is 1.28 bits per heavy atom. The highest BCUT2D eigenvalue weighted by Gasteiger charge is 2.37. The number of ether oxygens (including phenoxy) is 2. The number of methoxy groups -OCH3 is 2. The molecule has 0 saturated carbocycles. The monoisotopic (exact) mass is 283 g/mol. The molecule has 1 aromatic rings. The zero-order valence-corrected chi connectivity index (χ0v) is 10.8. The van der Waals surface area contributed by atoms with Gasteiger partial charge in [-0.2, -0.15) is 0 Å². The van der Waals surface area contributed by atoms with Gasteiger partial charge < -0.3 is 20.3 Å². The number of rotatable bonds is 5. The number of hydrogen-bond donors (Lipinski definition) is 2. The highest BCUT2D eigenvalue weighted by Crippen LogP contribution is 2.34. The van der Waals surface area contributed by atoms with Crippen LogP contribution in [-0.2, 0) is 0 Å². The minimum atomic E-state index is -3.38. The van der Waals surface area contributed by atoms with Gasteiger partial charge in [-0.3, -0.25) is 0 Å². The maximum absolute atomic E-state index is 13.2. The highest BCUT2D eigenvalue weighted by molar-refractivity contribution is 5.85.